The number of benzene rings is 1. The zero-order valence-corrected chi connectivity index (χ0v) is 21.1. The molecule has 0 N–H and O–H groups in total. The largest absolute Gasteiger partial charge is 0.463 e. The van der Waals surface area contributed by atoms with E-state index in [1.165, 1.54) is 40.9 Å². The summed E-state index contributed by atoms with van der Waals surface area (Å²) in [6.45, 7) is 1.24. The molecular formula is C21H15ClF4IN3O6. The molecule has 0 aliphatic carbocycles. The second kappa shape index (κ2) is 11.3. The van der Waals surface area contributed by atoms with E-state index in [9.17, 15) is 31.9 Å². The first-order valence-electron chi connectivity index (χ1n) is 9.88. The van der Waals surface area contributed by atoms with Crippen LogP contribution in [0.25, 0.3) is 5.69 Å². The predicted molar refractivity (Wildman–Crippen MR) is 127 cm³/mol. The van der Waals surface area contributed by atoms with Gasteiger partial charge >= 0.3 is 17.8 Å². The Labute approximate surface area is 218 Å². The van der Waals surface area contributed by atoms with Crippen molar-refractivity contribution in [1.82, 2.24) is 14.1 Å². The minimum absolute atomic E-state index is 0.0781. The number of ether oxygens (including phenoxy) is 3. The van der Waals surface area contributed by atoms with Gasteiger partial charge in [-0.1, -0.05) is 34.2 Å². The average Bonchev–Trinajstić information content (AvgIpc) is 2.80. The monoisotopic (exact) mass is 643 g/mol. The third-order valence-corrected chi connectivity index (χ3v) is 5.41. The first-order valence-corrected chi connectivity index (χ1v) is 11.8. The topological polar surface area (TPSA) is 102 Å². The van der Waals surface area contributed by atoms with Crippen molar-refractivity contribution in [3.05, 3.63) is 73.9 Å². The molecule has 9 nitrogen and oxygen atoms in total. The Morgan fingerprint density at radius 3 is 2.56 bits per heavy atom. The van der Waals surface area contributed by atoms with Gasteiger partial charge in [0.25, 0.3) is 11.4 Å². The number of esters is 1. The first kappa shape index (κ1) is 27.4. The summed E-state index contributed by atoms with van der Waals surface area (Å²) >= 11 is 7.57. The van der Waals surface area contributed by atoms with E-state index in [0.717, 1.165) is 12.1 Å². The maximum atomic E-state index is 14.8. The molecule has 3 rings (SSSR count). The molecule has 3 aromatic rings. The number of nitrogens with zero attached hydrogens (tertiary/aromatic N) is 3. The zero-order valence-electron chi connectivity index (χ0n) is 18.1. The highest BCUT2D eigenvalue weighted by Crippen LogP contribution is 2.36. The van der Waals surface area contributed by atoms with Crippen LogP contribution in [-0.2, 0) is 20.3 Å². The second-order valence-corrected chi connectivity index (χ2v) is 7.86. The molecule has 1 aromatic carbocycles. The summed E-state index contributed by atoms with van der Waals surface area (Å²) < 4.78 is 70.3. The molecular weight excluding hydrogens is 629 g/mol. The molecule has 0 bridgehead atoms. The molecule has 0 radical (unpaired) electrons. The van der Waals surface area contributed by atoms with Crippen molar-refractivity contribution in [1.29, 1.82) is 0 Å². The Balaban J connectivity index is 2.07. The molecule has 36 heavy (non-hydrogen) atoms. The molecule has 15 heteroatoms. The summed E-state index contributed by atoms with van der Waals surface area (Å²) in [7, 11) is 0. The molecule has 0 aliphatic rings. The van der Waals surface area contributed by atoms with Crippen LogP contribution in [0.4, 0.5) is 17.6 Å². The smallest absolute Gasteiger partial charge is 0.431 e. The normalized spacial score (nSPS) is 11.3. The molecule has 192 valence electrons. The molecule has 0 spiro atoms. The lowest BCUT2D eigenvalue weighted by molar-refractivity contribution is -0.145. The van der Waals surface area contributed by atoms with Crippen molar-refractivity contribution in [2.24, 2.45) is 0 Å². The Morgan fingerprint density at radius 2 is 1.92 bits per heavy atom. The van der Waals surface area contributed by atoms with E-state index < -0.39 is 51.8 Å². The van der Waals surface area contributed by atoms with Crippen LogP contribution in [0.2, 0.25) is 5.02 Å². The molecule has 0 unspecified atom stereocenters. The quantitative estimate of drug-likeness (QED) is 0.156. The van der Waals surface area contributed by atoms with Gasteiger partial charge in [-0.25, -0.2) is 23.5 Å². The molecule has 0 fully saturated rings. The van der Waals surface area contributed by atoms with Crippen LogP contribution in [0.3, 0.4) is 0 Å². The van der Waals surface area contributed by atoms with Gasteiger partial charge in [0.05, 0.1) is 21.9 Å². The van der Waals surface area contributed by atoms with E-state index in [4.69, 9.17) is 25.8 Å². The fraction of sp³-hybridized carbons (Fsp3) is 0.238. The highest BCUT2D eigenvalue weighted by molar-refractivity contribution is 14.1. The van der Waals surface area contributed by atoms with Crippen LogP contribution < -0.4 is 20.7 Å². The third-order valence-electron chi connectivity index (χ3n) is 4.43. The van der Waals surface area contributed by atoms with Gasteiger partial charge in [0, 0.05) is 18.3 Å². The minimum Gasteiger partial charge on any atom is -0.463 e. The van der Waals surface area contributed by atoms with Crippen molar-refractivity contribution in [3.63, 3.8) is 0 Å². The molecule has 2 heterocycles. The van der Waals surface area contributed by atoms with Crippen LogP contribution in [0.1, 0.15) is 12.6 Å². The number of aromatic nitrogens is 3. The lowest BCUT2D eigenvalue weighted by Gasteiger charge is -2.17. The molecule has 0 aliphatic heterocycles. The number of halogens is 6. The Hall–Kier alpha value is -3.14. The van der Waals surface area contributed by atoms with Gasteiger partial charge in [-0.05, 0) is 25.1 Å². The summed E-state index contributed by atoms with van der Waals surface area (Å²) in [5, 5.41) is -0.300. The maximum Gasteiger partial charge on any atom is 0.431 e. The summed E-state index contributed by atoms with van der Waals surface area (Å²) in [4.78, 5) is 40.7. The number of alkyl halides is 4. The first-order chi connectivity index (χ1) is 17.0. The number of rotatable bonds is 8. The van der Waals surface area contributed by atoms with Gasteiger partial charge in [0.15, 0.2) is 12.4 Å². The number of pyridine rings is 1. The predicted octanol–water partition coefficient (Wildman–Crippen LogP) is 4.33. The SMILES string of the molecule is CCOC(=O)COc1ncccc1Oc1cc(-n2c(=O)cc(C(F)(F)F)n(CI)c2=O)c(F)cc1Cl. The lowest BCUT2D eigenvalue weighted by Crippen LogP contribution is -2.41. The zero-order chi connectivity index (χ0) is 26.6. The van der Waals surface area contributed by atoms with Gasteiger partial charge < -0.3 is 14.2 Å². The van der Waals surface area contributed by atoms with E-state index >= 15 is 0 Å². The van der Waals surface area contributed by atoms with E-state index in [1.54, 1.807) is 6.92 Å². The van der Waals surface area contributed by atoms with Crippen LogP contribution in [0.5, 0.6) is 17.4 Å². The van der Waals surface area contributed by atoms with Crippen LogP contribution in [0, 0.1) is 5.82 Å². The number of hydrogen-bond donors (Lipinski definition) is 0. The Bertz CT molecular complexity index is 1410. The van der Waals surface area contributed by atoms with Crippen LogP contribution in [-0.4, -0.2) is 33.3 Å². The minimum atomic E-state index is -4.99. The van der Waals surface area contributed by atoms with E-state index in [-0.39, 0.29) is 44.2 Å². The number of carbonyl (C=O) groups is 1. The third kappa shape index (κ3) is 5.98. The average molecular weight is 644 g/mol. The number of carbonyl (C=O) groups excluding carboxylic acids is 1. The fourth-order valence-corrected chi connectivity index (χ4v) is 3.78. The van der Waals surface area contributed by atoms with E-state index in [0.29, 0.717) is 0 Å². The van der Waals surface area contributed by atoms with Crippen molar-refractivity contribution < 1.29 is 36.6 Å². The highest BCUT2D eigenvalue weighted by atomic mass is 127. The molecule has 0 saturated heterocycles. The Kier molecular flexibility index (Phi) is 8.60. The van der Waals surface area contributed by atoms with Crippen LogP contribution >= 0.6 is 34.2 Å². The molecule has 2 aromatic heterocycles. The van der Waals surface area contributed by atoms with Crippen molar-refractivity contribution in [2.75, 3.05) is 13.2 Å². The molecule has 0 atom stereocenters. The van der Waals surface area contributed by atoms with Gasteiger partial charge in [-0.2, -0.15) is 13.2 Å². The lowest BCUT2D eigenvalue weighted by atomic mass is 10.2. The molecule has 0 saturated carbocycles. The maximum absolute atomic E-state index is 14.8. The van der Waals surface area contributed by atoms with Crippen molar-refractivity contribution in [2.45, 2.75) is 17.7 Å². The van der Waals surface area contributed by atoms with E-state index in [2.05, 4.69) is 4.98 Å². The summed E-state index contributed by atoms with van der Waals surface area (Å²) in [6, 6.07) is 4.61. The van der Waals surface area contributed by atoms with Crippen molar-refractivity contribution >= 4 is 40.2 Å². The highest BCUT2D eigenvalue weighted by Gasteiger charge is 2.36. The van der Waals surface area contributed by atoms with Crippen molar-refractivity contribution in [3.8, 4) is 23.1 Å². The van der Waals surface area contributed by atoms with Gasteiger partial charge in [0.2, 0.25) is 0 Å². The number of hydrogen-bond acceptors (Lipinski definition) is 7. The van der Waals surface area contributed by atoms with Gasteiger partial charge in [-0.15, -0.1) is 0 Å². The summed E-state index contributed by atoms with van der Waals surface area (Å²) in [5.74, 6) is -2.37. The standard InChI is InChI=1S/C21H15ClF4IN3O6/c1-2-34-18(32)9-35-19-14(4-3-5-28-19)36-15-7-13(12(23)6-11(15)22)30-17(31)8-16(21(24,25)26)29(10-27)20(30)33/h3-8H,2,9-10H2,1H3. The summed E-state index contributed by atoms with van der Waals surface area (Å²) in [6.07, 6.45) is -3.66. The fourth-order valence-electron chi connectivity index (χ4n) is 2.93. The van der Waals surface area contributed by atoms with Gasteiger partial charge in [0.1, 0.15) is 17.3 Å². The second-order valence-electron chi connectivity index (χ2n) is 6.77. The van der Waals surface area contributed by atoms with Gasteiger partial charge in [-0.3, -0.25) is 9.36 Å². The van der Waals surface area contributed by atoms with E-state index in [1.807, 2.05) is 0 Å². The Morgan fingerprint density at radius 1 is 1.19 bits per heavy atom. The summed E-state index contributed by atoms with van der Waals surface area (Å²) in [5.41, 5.74) is -5.01. The van der Waals surface area contributed by atoms with Crippen LogP contribution in [0.15, 0.2) is 46.1 Å². The molecule has 0 amide bonds.